The van der Waals surface area contributed by atoms with Crippen molar-refractivity contribution in [2.75, 3.05) is 19.0 Å². The summed E-state index contributed by atoms with van der Waals surface area (Å²) in [6.07, 6.45) is -1.04. The van der Waals surface area contributed by atoms with Gasteiger partial charge in [-0.05, 0) is 57.0 Å². The molecular formula is C23H29F4N3O2. The van der Waals surface area contributed by atoms with Crippen LogP contribution in [0.2, 0.25) is 0 Å². The largest absolute Gasteiger partial charge is 0.495 e. The van der Waals surface area contributed by atoms with Gasteiger partial charge in [-0.3, -0.25) is 4.99 Å². The third-order valence-corrected chi connectivity index (χ3v) is 5.23. The van der Waals surface area contributed by atoms with Crippen molar-refractivity contribution < 1.29 is 27.0 Å². The van der Waals surface area contributed by atoms with Gasteiger partial charge in [0.1, 0.15) is 29.6 Å². The lowest BCUT2D eigenvalue weighted by Crippen LogP contribution is -2.53. The number of methoxy groups -OCH3 is 1. The highest BCUT2D eigenvalue weighted by Gasteiger charge is 2.56. The molecule has 0 amide bonds. The number of benzene rings is 1. The summed E-state index contributed by atoms with van der Waals surface area (Å²) in [6, 6.07) is 3.83. The number of aliphatic imine (C=N–C) groups is 1. The molecule has 0 bridgehead atoms. The van der Waals surface area contributed by atoms with E-state index in [0.717, 1.165) is 11.6 Å². The van der Waals surface area contributed by atoms with Crippen LogP contribution < -0.4 is 11.1 Å². The highest BCUT2D eigenvalue weighted by Crippen LogP contribution is 2.43. The van der Waals surface area contributed by atoms with Gasteiger partial charge in [0.15, 0.2) is 6.10 Å². The van der Waals surface area contributed by atoms with E-state index in [2.05, 4.69) is 10.3 Å². The molecule has 2 atom stereocenters. The topological polar surface area (TPSA) is 68.9 Å². The summed E-state index contributed by atoms with van der Waals surface area (Å²) in [4.78, 5) is 3.98. The summed E-state index contributed by atoms with van der Waals surface area (Å²) < 4.78 is 66.4. The van der Waals surface area contributed by atoms with Crippen molar-refractivity contribution >= 4 is 11.5 Å². The SMILES string of the molecule is C\C=C/C=C(OC)\C(Nc1ccc(F)c(C2(C)N=C(N)COC2C(F)(F)F)c1)=C(/C)CC. The first-order valence-corrected chi connectivity index (χ1v) is 10.1. The summed E-state index contributed by atoms with van der Waals surface area (Å²) in [5.41, 5.74) is 5.24. The molecule has 1 aliphatic rings. The number of nitrogens with one attached hydrogen (secondary N) is 1. The summed E-state index contributed by atoms with van der Waals surface area (Å²) in [5, 5.41) is 3.16. The van der Waals surface area contributed by atoms with Crippen molar-refractivity contribution in [3.05, 3.63) is 64.8 Å². The fourth-order valence-corrected chi connectivity index (χ4v) is 3.46. The minimum Gasteiger partial charge on any atom is -0.495 e. The van der Waals surface area contributed by atoms with Gasteiger partial charge in [0.05, 0.1) is 12.8 Å². The van der Waals surface area contributed by atoms with E-state index in [9.17, 15) is 17.6 Å². The number of amidine groups is 1. The zero-order valence-corrected chi connectivity index (χ0v) is 18.8. The molecule has 3 N–H and O–H groups in total. The minimum absolute atomic E-state index is 0.135. The lowest BCUT2D eigenvalue weighted by Gasteiger charge is -2.39. The van der Waals surface area contributed by atoms with Crippen LogP contribution in [0.15, 0.2) is 58.4 Å². The zero-order valence-electron chi connectivity index (χ0n) is 18.8. The number of halogens is 4. The van der Waals surface area contributed by atoms with E-state index in [0.29, 0.717) is 23.6 Å². The first-order valence-electron chi connectivity index (χ1n) is 10.1. The molecule has 2 unspecified atom stereocenters. The van der Waals surface area contributed by atoms with E-state index in [1.807, 2.05) is 26.8 Å². The van der Waals surface area contributed by atoms with Crippen LogP contribution >= 0.6 is 0 Å². The Bertz CT molecular complexity index is 951. The van der Waals surface area contributed by atoms with E-state index >= 15 is 0 Å². The number of ether oxygens (including phenoxy) is 2. The molecule has 0 radical (unpaired) electrons. The van der Waals surface area contributed by atoms with Gasteiger partial charge in [0.2, 0.25) is 0 Å². The van der Waals surface area contributed by atoms with Crippen molar-refractivity contribution in [2.45, 2.75) is 51.9 Å². The van der Waals surface area contributed by atoms with Crippen LogP contribution in [0.4, 0.5) is 23.2 Å². The maximum atomic E-state index is 14.8. The van der Waals surface area contributed by atoms with E-state index in [4.69, 9.17) is 15.2 Å². The van der Waals surface area contributed by atoms with Crippen molar-refractivity contribution in [1.82, 2.24) is 0 Å². The second-order valence-electron chi connectivity index (χ2n) is 7.57. The first kappa shape index (κ1) is 25.5. The molecule has 0 aromatic heterocycles. The van der Waals surface area contributed by atoms with Gasteiger partial charge in [0, 0.05) is 11.3 Å². The molecule has 5 nitrogen and oxygen atoms in total. The van der Waals surface area contributed by atoms with Gasteiger partial charge in [0.25, 0.3) is 0 Å². The smallest absolute Gasteiger partial charge is 0.417 e. The van der Waals surface area contributed by atoms with Crippen molar-refractivity contribution in [1.29, 1.82) is 0 Å². The summed E-state index contributed by atoms with van der Waals surface area (Å²) in [6.45, 7) is 6.41. The molecule has 1 aromatic carbocycles. The minimum atomic E-state index is -4.77. The van der Waals surface area contributed by atoms with E-state index in [-0.39, 0.29) is 11.4 Å². The highest BCUT2D eigenvalue weighted by atomic mass is 19.4. The van der Waals surface area contributed by atoms with Crippen LogP contribution in [0.3, 0.4) is 0 Å². The van der Waals surface area contributed by atoms with Crippen LogP contribution in [0.25, 0.3) is 0 Å². The molecule has 1 aromatic rings. The molecule has 9 heteroatoms. The Kier molecular flexibility index (Phi) is 8.12. The standard InChI is InChI=1S/C23H29F4N3O2/c1-6-8-9-18(31-5)20(14(3)7-2)29-15-10-11-17(24)16(12-15)22(4)21(23(25,26)27)32-13-19(28)30-22/h6,8-12,21,29H,7,13H2,1-5H3,(H2,28,30)/b8-6-,18-9+,20-14-. The summed E-state index contributed by atoms with van der Waals surface area (Å²) in [7, 11) is 1.52. The van der Waals surface area contributed by atoms with Gasteiger partial charge in [-0.25, -0.2) is 4.39 Å². The predicted molar refractivity (Wildman–Crippen MR) is 118 cm³/mol. The van der Waals surface area contributed by atoms with Crippen LogP contribution in [0, 0.1) is 5.82 Å². The third-order valence-electron chi connectivity index (χ3n) is 5.23. The van der Waals surface area contributed by atoms with Crippen molar-refractivity contribution in [3.63, 3.8) is 0 Å². The molecule has 0 spiro atoms. The van der Waals surface area contributed by atoms with Gasteiger partial charge in [-0.15, -0.1) is 0 Å². The summed E-state index contributed by atoms with van der Waals surface area (Å²) in [5.74, 6) is -0.455. The normalized spacial score (nSPS) is 23.1. The molecule has 0 fully saturated rings. The monoisotopic (exact) mass is 455 g/mol. The maximum Gasteiger partial charge on any atom is 0.417 e. The number of hydrogen-bond acceptors (Lipinski definition) is 5. The first-order chi connectivity index (χ1) is 15.0. The van der Waals surface area contributed by atoms with E-state index in [1.165, 1.54) is 26.2 Å². The fraction of sp³-hybridized carbons (Fsp3) is 0.435. The third kappa shape index (κ3) is 5.51. The molecule has 1 aliphatic heterocycles. The second-order valence-corrected chi connectivity index (χ2v) is 7.57. The molecule has 32 heavy (non-hydrogen) atoms. The molecule has 0 saturated carbocycles. The Morgan fingerprint density at radius 1 is 1.41 bits per heavy atom. The number of allylic oxidation sites excluding steroid dienone is 4. The Labute approximate surface area is 185 Å². The summed E-state index contributed by atoms with van der Waals surface area (Å²) >= 11 is 0. The van der Waals surface area contributed by atoms with Crippen molar-refractivity contribution in [3.8, 4) is 0 Å². The fourth-order valence-electron chi connectivity index (χ4n) is 3.46. The Hall–Kier alpha value is -2.81. The second kappa shape index (κ2) is 10.2. The highest BCUT2D eigenvalue weighted by molar-refractivity contribution is 5.83. The molecule has 0 aliphatic carbocycles. The van der Waals surface area contributed by atoms with Gasteiger partial charge in [-0.2, -0.15) is 13.2 Å². The van der Waals surface area contributed by atoms with E-state index in [1.54, 1.807) is 12.2 Å². The molecule has 2 rings (SSSR count). The van der Waals surface area contributed by atoms with Crippen LogP contribution in [0.1, 0.15) is 39.7 Å². The van der Waals surface area contributed by atoms with E-state index < -0.39 is 30.2 Å². The van der Waals surface area contributed by atoms with Crippen LogP contribution in [0.5, 0.6) is 0 Å². The van der Waals surface area contributed by atoms with Crippen molar-refractivity contribution in [2.24, 2.45) is 10.7 Å². The predicted octanol–water partition coefficient (Wildman–Crippen LogP) is 5.56. The molecule has 1 heterocycles. The van der Waals surface area contributed by atoms with Crippen LogP contribution in [-0.4, -0.2) is 31.8 Å². The Morgan fingerprint density at radius 3 is 2.66 bits per heavy atom. The maximum absolute atomic E-state index is 14.8. The van der Waals surface area contributed by atoms with Gasteiger partial charge in [-0.1, -0.05) is 19.1 Å². The lowest BCUT2D eigenvalue weighted by molar-refractivity contribution is -0.238. The average molecular weight is 455 g/mol. The number of rotatable bonds is 7. The van der Waals surface area contributed by atoms with Crippen LogP contribution in [-0.2, 0) is 15.0 Å². The molecular weight excluding hydrogens is 426 g/mol. The quantitative estimate of drug-likeness (QED) is 0.321. The number of alkyl halides is 3. The average Bonchev–Trinajstić information content (AvgIpc) is 2.72. The number of nitrogens with zero attached hydrogens (tertiary/aromatic N) is 1. The molecule has 0 saturated heterocycles. The number of hydrogen-bond donors (Lipinski definition) is 2. The molecule has 176 valence electrons. The number of anilines is 1. The lowest BCUT2D eigenvalue weighted by atomic mass is 9.84. The Balaban J connectivity index is 2.60. The Morgan fingerprint density at radius 2 is 2.09 bits per heavy atom. The van der Waals surface area contributed by atoms with Gasteiger partial charge >= 0.3 is 6.18 Å². The number of nitrogens with two attached hydrogens (primary N) is 1. The zero-order chi connectivity index (χ0) is 24.1. The van der Waals surface area contributed by atoms with Gasteiger partial charge < -0.3 is 20.5 Å².